The number of nitrogens with zero attached hydrogens (tertiary/aromatic N) is 2. The summed E-state index contributed by atoms with van der Waals surface area (Å²) in [4.78, 5) is 8.97. The Labute approximate surface area is 145 Å². The van der Waals surface area contributed by atoms with Crippen LogP contribution in [-0.2, 0) is 0 Å². The minimum Gasteiger partial charge on any atom is -0.497 e. The molecule has 2 heterocycles. The number of benzene rings is 1. The lowest BCUT2D eigenvalue weighted by Crippen LogP contribution is -1.95. The molecule has 0 spiro atoms. The molecule has 24 heavy (non-hydrogen) atoms. The molecule has 2 aromatic heterocycles. The predicted molar refractivity (Wildman–Crippen MR) is 101 cm³/mol. The van der Waals surface area contributed by atoms with Crippen molar-refractivity contribution in [3.63, 3.8) is 0 Å². The SMILES string of the molecule is CNc1ccc(C#C/C=C/c2nc3ccc(OC)cc3s2)c(C)n1. The van der Waals surface area contributed by atoms with Crippen LogP contribution in [0.25, 0.3) is 16.3 Å². The fourth-order valence-electron chi connectivity index (χ4n) is 2.19. The molecule has 0 fully saturated rings. The van der Waals surface area contributed by atoms with E-state index < -0.39 is 0 Å². The maximum Gasteiger partial charge on any atom is 0.126 e. The van der Waals surface area contributed by atoms with E-state index in [0.717, 1.165) is 38.0 Å². The quantitative estimate of drug-likeness (QED) is 0.732. The van der Waals surface area contributed by atoms with Gasteiger partial charge in [0.1, 0.15) is 16.6 Å². The zero-order valence-electron chi connectivity index (χ0n) is 13.8. The first-order chi connectivity index (χ1) is 11.7. The third kappa shape index (κ3) is 3.55. The van der Waals surface area contributed by atoms with Gasteiger partial charge in [-0.1, -0.05) is 11.8 Å². The molecular formula is C19H17N3OS. The first-order valence-electron chi connectivity index (χ1n) is 7.47. The van der Waals surface area contributed by atoms with E-state index in [1.165, 1.54) is 0 Å². The van der Waals surface area contributed by atoms with Crippen LogP contribution in [0.4, 0.5) is 5.82 Å². The molecule has 0 aliphatic heterocycles. The van der Waals surface area contributed by atoms with E-state index in [4.69, 9.17) is 4.74 Å². The van der Waals surface area contributed by atoms with E-state index in [9.17, 15) is 0 Å². The van der Waals surface area contributed by atoms with Gasteiger partial charge in [-0.25, -0.2) is 9.97 Å². The Kier molecular flexibility index (Phi) is 4.78. The Morgan fingerprint density at radius 1 is 1.21 bits per heavy atom. The number of fused-ring (bicyclic) bond motifs is 1. The Hall–Kier alpha value is -2.84. The number of aryl methyl sites for hydroxylation is 1. The Morgan fingerprint density at radius 3 is 2.83 bits per heavy atom. The van der Waals surface area contributed by atoms with Crippen LogP contribution in [0.15, 0.2) is 36.4 Å². The number of methoxy groups -OCH3 is 1. The second kappa shape index (κ2) is 7.16. The van der Waals surface area contributed by atoms with Gasteiger partial charge in [0, 0.05) is 12.6 Å². The van der Waals surface area contributed by atoms with Gasteiger partial charge in [-0.15, -0.1) is 11.3 Å². The van der Waals surface area contributed by atoms with Gasteiger partial charge in [0.15, 0.2) is 0 Å². The Morgan fingerprint density at radius 2 is 2.08 bits per heavy atom. The van der Waals surface area contributed by atoms with Gasteiger partial charge in [-0.3, -0.25) is 0 Å². The number of ether oxygens (including phenoxy) is 1. The highest BCUT2D eigenvalue weighted by Crippen LogP contribution is 2.26. The summed E-state index contributed by atoms with van der Waals surface area (Å²) in [5.41, 5.74) is 2.80. The summed E-state index contributed by atoms with van der Waals surface area (Å²) in [6.07, 6.45) is 3.75. The predicted octanol–water partition coefficient (Wildman–Crippen LogP) is 4.11. The topological polar surface area (TPSA) is 47.0 Å². The number of rotatable bonds is 3. The summed E-state index contributed by atoms with van der Waals surface area (Å²) >= 11 is 1.61. The highest BCUT2D eigenvalue weighted by molar-refractivity contribution is 7.19. The van der Waals surface area contributed by atoms with Crippen LogP contribution in [-0.4, -0.2) is 24.1 Å². The average molecular weight is 335 g/mol. The molecule has 120 valence electrons. The van der Waals surface area contributed by atoms with E-state index in [-0.39, 0.29) is 0 Å². The van der Waals surface area contributed by atoms with Gasteiger partial charge in [-0.2, -0.15) is 0 Å². The number of anilines is 1. The minimum absolute atomic E-state index is 0.842. The summed E-state index contributed by atoms with van der Waals surface area (Å²) in [6, 6.07) is 9.76. The molecular weight excluding hydrogens is 318 g/mol. The molecule has 0 saturated heterocycles. The molecule has 0 aliphatic rings. The summed E-state index contributed by atoms with van der Waals surface area (Å²) < 4.78 is 6.34. The summed E-state index contributed by atoms with van der Waals surface area (Å²) in [5, 5.41) is 3.94. The second-order valence-corrected chi connectivity index (χ2v) is 6.13. The van der Waals surface area contributed by atoms with Crippen LogP contribution in [0.5, 0.6) is 5.75 Å². The molecule has 0 bridgehead atoms. The van der Waals surface area contributed by atoms with Crippen LogP contribution < -0.4 is 10.1 Å². The first kappa shape index (κ1) is 16.0. The van der Waals surface area contributed by atoms with Crippen molar-refractivity contribution in [1.29, 1.82) is 0 Å². The summed E-state index contributed by atoms with van der Waals surface area (Å²) in [5.74, 6) is 7.85. The lowest BCUT2D eigenvalue weighted by Gasteiger charge is -2.01. The maximum absolute atomic E-state index is 5.23. The average Bonchev–Trinajstić information content (AvgIpc) is 3.01. The van der Waals surface area contributed by atoms with E-state index in [1.54, 1.807) is 18.4 Å². The maximum atomic E-state index is 5.23. The smallest absolute Gasteiger partial charge is 0.126 e. The van der Waals surface area contributed by atoms with Crippen molar-refractivity contribution in [3.8, 4) is 17.6 Å². The molecule has 1 aromatic carbocycles. The van der Waals surface area contributed by atoms with Crippen molar-refractivity contribution < 1.29 is 4.74 Å². The van der Waals surface area contributed by atoms with E-state index in [1.807, 2.05) is 56.5 Å². The molecule has 3 aromatic rings. The van der Waals surface area contributed by atoms with Crippen molar-refractivity contribution in [3.05, 3.63) is 52.7 Å². The molecule has 0 amide bonds. The number of aromatic nitrogens is 2. The van der Waals surface area contributed by atoms with Crippen molar-refractivity contribution in [1.82, 2.24) is 9.97 Å². The zero-order chi connectivity index (χ0) is 16.9. The third-order valence-electron chi connectivity index (χ3n) is 3.47. The number of pyridine rings is 1. The van der Waals surface area contributed by atoms with E-state index in [2.05, 4.69) is 27.1 Å². The Bertz CT molecular complexity index is 964. The number of nitrogens with one attached hydrogen (secondary N) is 1. The molecule has 3 rings (SSSR count). The third-order valence-corrected chi connectivity index (χ3v) is 4.45. The highest BCUT2D eigenvalue weighted by atomic mass is 32.1. The monoisotopic (exact) mass is 335 g/mol. The van der Waals surface area contributed by atoms with Crippen molar-refractivity contribution in [2.75, 3.05) is 19.5 Å². The van der Waals surface area contributed by atoms with Gasteiger partial charge >= 0.3 is 0 Å². The van der Waals surface area contributed by atoms with Crippen LogP contribution in [0.1, 0.15) is 16.3 Å². The fourth-order valence-corrected chi connectivity index (χ4v) is 3.08. The lowest BCUT2D eigenvalue weighted by molar-refractivity contribution is 0.415. The highest BCUT2D eigenvalue weighted by Gasteiger charge is 2.02. The van der Waals surface area contributed by atoms with Crippen LogP contribution in [0.2, 0.25) is 0 Å². The van der Waals surface area contributed by atoms with E-state index >= 15 is 0 Å². The normalized spacial score (nSPS) is 10.6. The van der Waals surface area contributed by atoms with Crippen molar-refractivity contribution >= 4 is 33.4 Å². The number of thiazole rings is 1. The lowest BCUT2D eigenvalue weighted by atomic mass is 10.2. The molecule has 4 nitrogen and oxygen atoms in total. The number of allylic oxidation sites excluding steroid dienone is 1. The second-order valence-electron chi connectivity index (χ2n) is 5.07. The van der Waals surface area contributed by atoms with Gasteiger partial charge < -0.3 is 10.1 Å². The van der Waals surface area contributed by atoms with Gasteiger partial charge in [0.05, 0.1) is 23.0 Å². The molecule has 0 radical (unpaired) electrons. The molecule has 0 atom stereocenters. The standard InChI is InChI=1S/C19H17N3OS/c1-13-14(8-11-18(20-2)21-13)6-4-5-7-19-22-16-10-9-15(23-3)12-17(16)24-19/h5,7-12H,1-3H3,(H,20,21)/b7-5+. The molecule has 0 unspecified atom stereocenters. The minimum atomic E-state index is 0.842. The summed E-state index contributed by atoms with van der Waals surface area (Å²) in [7, 11) is 3.52. The van der Waals surface area contributed by atoms with Gasteiger partial charge in [-0.05, 0) is 49.4 Å². The largest absolute Gasteiger partial charge is 0.497 e. The van der Waals surface area contributed by atoms with Gasteiger partial charge in [0.25, 0.3) is 0 Å². The van der Waals surface area contributed by atoms with E-state index in [0.29, 0.717) is 0 Å². The molecule has 1 N–H and O–H groups in total. The molecule has 0 saturated carbocycles. The number of hydrogen-bond donors (Lipinski definition) is 1. The first-order valence-corrected chi connectivity index (χ1v) is 8.29. The molecule has 5 heteroatoms. The van der Waals surface area contributed by atoms with Crippen LogP contribution in [0.3, 0.4) is 0 Å². The molecule has 0 aliphatic carbocycles. The number of hydrogen-bond acceptors (Lipinski definition) is 5. The zero-order valence-corrected chi connectivity index (χ0v) is 14.6. The van der Waals surface area contributed by atoms with Crippen LogP contribution in [0, 0.1) is 18.8 Å². The van der Waals surface area contributed by atoms with Crippen molar-refractivity contribution in [2.24, 2.45) is 0 Å². The summed E-state index contributed by atoms with van der Waals surface area (Å²) in [6.45, 7) is 1.95. The van der Waals surface area contributed by atoms with Crippen molar-refractivity contribution in [2.45, 2.75) is 6.92 Å². The van der Waals surface area contributed by atoms with Crippen LogP contribution >= 0.6 is 11.3 Å². The van der Waals surface area contributed by atoms with Gasteiger partial charge in [0.2, 0.25) is 0 Å². The fraction of sp³-hybridized carbons (Fsp3) is 0.158. The Balaban J connectivity index is 1.77.